The minimum atomic E-state index is -0.589. The van der Waals surface area contributed by atoms with E-state index in [1.165, 1.54) is 13.2 Å². The molecule has 1 rings (SSSR count). The number of hydrogen-bond acceptors (Lipinski definition) is 5. The van der Waals surface area contributed by atoms with Gasteiger partial charge in [-0.2, -0.15) is 4.98 Å². The third kappa shape index (κ3) is 3.32. The van der Waals surface area contributed by atoms with Gasteiger partial charge in [-0.15, -0.1) is 0 Å². The molecule has 1 atom stereocenters. The lowest BCUT2D eigenvalue weighted by molar-refractivity contribution is -0.117. The first-order valence-corrected chi connectivity index (χ1v) is 5.09. The minimum Gasteiger partial charge on any atom is -0.481 e. The summed E-state index contributed by atoms with van der Waals surface area (Å²) in [5.41, 5.74) is 5.54. The maximum Gasteiger partial charge on any atom is 0.243 e. The summed E-state index contributed by atoms with van der Waals surface area (Å²) in [4.78, 5) is 19.2. The van der Waals surface area contributed by atoms with Crippen LogP contribution in [0.1, 0.15) is 13.3 Å². The van der Waals surface area contributed by atoms with Crippen LogP contribution >= 0.6 is 11.6 Å². The number of carbonyl (C=O) groups is 1. The van der Waals surface area contributed by atoms with E-state index in [-0.39, 0.29) is 22.9 Å². The van der Waals surface area contributed by atoms with Crippen molar-refractivity contribution >= 4 is 23.5 Å². The molecule has 0 fully saturated rings. The molecule has 0 aliphatic heterocycles. The summed E-state index contributed by atoms with van der Waals surface area (Å²) >= 11 is 5.71. The normalized spacial score (nSPS) is 12.0. The van der Waals surface area contributed by atoms with Crippen LogP contribution in [0, 0.1) is 0 Å². The zero-order valence-electron chi connectivity index (χ0n) is 9.03. The van der Waals surface area contributed by atoms with Crippen LogP contribution in [0.25, 0.3) is 0 Å². The highest BCUT2D eigenvalue weighted by Crippen LogP contribution is 2.15. The van der Waals surface area contributed by atoms with Crippen LogP contribution in [0.2, 0.25) is 5.15 Å². The Morgan fingerprint density at radius 3 is 2.94 bits per heavy atom. The minimum absolute atomic E-state index is 0.0817. The topological polar surface area (TPSA) is 90.1 Å². The molecule has 1 aromatic heterocycles. The van der Waals surface area contributed by atoms with Crippen LogP contribution in [0.3, 0.4) is 0 Å². The number of halogens is 1. The molecule has 0 saturated carbocycles. The summed E-state index contributed by atoms with van der Waals surface area (Å²) in [5, 5.41) is 2.64. The van der Waals surface area contributed by atoms with Gasteiger partial charge in [-0.05, 0) is 6.42 Å². The van der Waals surface area contributed by atoms with Gasteiger partial charge >= 0.3 is 0 Å². The number of aromatic nitrogens is 2. The molecule has 7 heteroatoms. The third-order valence-corrected chi connectivity index (χ3v) is 2.09. The Kier molecular flexibility index (Phi) is 4.45. The van der Waals surface area contributed by atoms with Gasteiger partial charge in [0.2, 0.25) is 17.7 Å². The lowest BCUT2D eigenvalue weighted by Gasteiger charge is -2.09. The van der Waals surface area contributed by atoms with Crippen LogP contribution in [-0.4, -0.2) is 29.0 Å². The van der Waals surface area contributed by atoms with Gasteiger partial charge in [0.25, 0.3) is 0 Å². The average Bonchev–Trinajstić information content (AvgIpc) is 2.26. The number of nitrogens with two attached hydrogens (primary N) is 1. The van der Waals surface area contributed by atoms with Crippen molar-refractivity contribution < 1.29 is 9.53 Å². The number of nitrogens with zero attached hydrogens (tertiary/aromatic N) is 2. The van der Waals surface area contributed by atoms with Crippen molar-refractivity contribution in [1.82, 2.24) is 9.97 Å². The molecule has 0 aliphatic rings. The van der Waals surface area contributed by atoms with Crippen molar-refractivity contribution in [2.45, 2.75) is 19.4 Å². The first kappa shape index (κ1) is 12.7. The fraction of sp³-hybridized carbons (Fsp3) is 0.444. The lowest BCUT2D eigenvalue weighted by Crippen LogP contribution is -2.35. The molecule has 1 heterocycles. The molecule has 0 aromatic carbocycles. The standard InChI is InChI=1S/C9H13ClN4O2/c1-3-5(11)8(15)14-9-12-6(10)4-7(13-9)16-2/h4-5H,3,11H2,1-2H3,(H,12,13,14,15)/t5-/m1/s1. The van der Waals surface area contributed by atoms with E-state index in [9.17, 15) is 4.79 Å². The lowest BCUT2D eigenvalue weighted by atomic mass is 10.2. The number of rotatable bonds is 4. The monoisotopic (exact) mass is 244 g/mol. The van der Waals surface area contributed by atoms with E-state index >= 15 is 0 Å². The Morgan fingerprint density at radius 2 is 2.38 bits per heavy atom. The van der Waals surface area contributed by atoms with Crippen molar-refractivity contribution in [2.24, 2.45) is 5.73 Å². The first-order chi connectivity index (χ1) is 7.56. The van der Waals surface area contributed by atoms with Gasteiger partial charge in [-0.3, -0.25) is 10.1 Å². The van der Waals surface area contributed by atoms with Crippen LogP contribution in [-0.2, 0) is 4.79 Å². The zero-order chi connectivity index (χ0) is 12.1. The van der Waals surface area contributed by atoms with E-state index < -0.39 is 6.04 Å². The average molecular weight is 245 g/mol. The molecule has 0 saturated heterocycles. The summed E-state index contributed by atoms with van der Waals surface area (Å²) in [5.74, 6) is 0.00504. The van der Waals surface area contributed by atoms with E-state index in [1.54, 1.807) is 0 Å². The second-order valence-corrected chi connectivity index (χ2v) is 3.45. The Balaban J connectivity index is 2.81. The van der Waals surface area contributed by atoms with E-state index in [4.69, 9.17) is 22.1 Å². The predicted molar refractivity (Wildman–Crippen MR) is 60.5 cm³/mol. The molecule has 0 radical (unpaired) electrons. The van der Waals surface area contributed by atoms with E-state index in [0.717, 1.165) is 0 Å². The second kappa shape index (κ2) is 5.62. The molecular weight excluding hydrogens is 232 g/mol. The quantitative estimate of drug-likeness (QED) is 0.765. The fourth-order valence-electron chi connectivity index (χ4n) is 0.946. The van der Waals surface area contributed by atoms with E-state index in [0.29, 0.717) is 6.42 Å². The smallest absolute Gasteiger partial charge is 0.243 e. The summed E-state index contributed by atoms with van der Waals surface area (Å²) in [6.45, 7) is 1.81. The molecule has 3 N–H and O–H groups in total. The molecule has 1 amide bonds. The Hall–Kier alpha value is -1.40. The third-order valence-electron chi connectivity index (χ3n) is 1.89. The summed E-state index contributed by atoms with van der Waals surface area (Å²) < 4.78 is 4.89. The Labute approximate surface area is 98.2 Å². The summed E-state index contributed by atoms with van der Waals surface area (Å²) in [6.07, 6.45) is 0.531. The summed E-state index contributed by atoms with van der Waals surface area (Å²) in [6, 6.07) is 0.852. The van der Waals surface area contributed by atoms with Gasteiger partial charge in [0.15, 0.2) is 0 Å². The molecule has 0 spiro atoms. The highest BCUT2D eigenvalue weighted by molar-refractivity contribution is 6.29. The van der Waals surface area contributed by atoms with Crippen molar-refractivity contribution in [3.05, 3.63) is 11.2 Å². The molecule has 0 unspecified atom stereocenters. The molecule has 16 heavy (non-hydrogen) atoms. The van der Waals surface area contributed by atoms with Crippen LogP contribution in [0.5, 0.6) is 5.88 Å². The zero-order valence-corrected chi connectivity index (χ0v) is 9.78. The number of ether oxygens (including phenoxy) is 1. The molecule has 6 nitrogen and oxygen atoms in total. The van der Waals surface area contributed by atoms with Gasteiger partial charge in [0, 0.05) is 6.07 Å². The number of carbonyl (C=O) groups excluding carboxylic acids is 1. The SMILES string of the molecule is CC[C@@H](N)C(=O)Nc1nc(Cl)cc(OC)n1. The predicted octanol–water partition coefficient (Wildman–Crippen LogP) is 0.814. The van der Waals surface area contributed by atoms with E-state index in [1.807, 2.05) is 6.92 Å². The second-order valence-electron chi connectivity index (χ2n) is 3.06. The largest absolute Gasteiger partial charge is 0.481 e. The van der Waals surface area contributed by atoms with Gasteiger partial charge in [-0.1, -0.05) is 18.5 Å². The van der Waals surface area contributed by atoms with Crippen molar-refractivity contribution in [1.29, 1.82) is 0 Å². The van der Waals surface area contributed by atoms with Crippen LogP contribution < -0.4 is 15.8 Å². The first-order valence-electron chi connectivity index (χ1n) is 4.71. The summed E-state index contributed by atoms with van der Waals surface area (Å²) in [7, 11) is 1.45. The molecule has 1 aromatic rings. The number of hydrogen-bond donors (Lipinski definition) is 2. The maximum atomic E-state index is 11.5. The number of methoxy groups -OCH3 is 1. The van der Waals surface area contributed by atoms with Crippen LogP contribution in [0.4, 0.5) is 5.95 Å². The van der Waals surface area contributed by atoms with Crippen molar-refractivity contribution in [2.75, 3.05) is 12.4 Å². The van der Waals surface area contributed by atoms with E-state index in [2.05, 4.69) is 15.3 Å². The molecule has 0 bridgehead atoms. The molecule has 88 valence electrons. The molecule has 0 aliphatic carbocycles. The Morgan fingerprint density at radius 1 is 1.69 bits per heavy atom. The van der Waals surface area contributed by atoms with Crippen LogP contribution in [0.15, 0.2) is 6.07 Å². The highest BCUT2D eigenvalue weighted by atomic mass is 35.5. The fourth-order valence-corrected chi connectivity index (χ4v) is 1.12. The number of amides is 1. The van der Waals surface area contributed by atoms with Gasteiger partial charge in [0.05, 0.1) is 13.2 Å². The van der Waals surface area contributed by atoms with Gasteiger partial charge in [0.1, 0.15) is 5.15 Å². The highest BCUT2D eigenvalue weighted by Gasteiger charge is 2.13. The number of nitrogens with one attached hydrogen (secondary N) is 1. The molecular formula is C9H13ClN4O2. The maximum absolute atomic E-state index is 11.5. The Bertz CT molecular complexity index is 386. The van der Waals surface area contributed by atoms with Gasteiger partial charge in [-0.25, -0.2) is 4.98 Å². The number of anilines is 1. The van der Waals surface area contributed by atoms with Crippen molar-refractivity contribution in [3.63, 3.8) is 0 Å². The van der Waals surface area contributed by atoms with Crippen molar-refractivity contribution in [3.8, 4) is 5.88 Å². The van der Waals surface area contributed by atoms with Gasteiger partial charge < -0.3 is 10.5 Å².